The minimum absolute atomic E-state index is 0.835. The van der Waals surface area contributed by atoms with Crippen LogP contribution in [0.25, 0.3) is 5.52 Å². The summed E-state index contributed by atoms with van der Waals surface area (Å²) in [6.45, 7) is 0. The van der Waals surface area contributed by atoms with Gasteiger partial charge in [-0.05, 0) is 12.1 Å². The van der Waals surface area contributed by atoms with Crippen molar-refractivity contribution < 1.29 is 0 Å². The van der Waals surface area contributed by atoms with Crippen LogP contribution in [0.3, 0.4) is 0 Å². The number of aromatic nitrogens is 3. The van der Waals surface area contributed by atoms with Gasteiger partial charge >= 0.3 is 0 Å². The SMILES string of the molecule is S=c1ccn2[nH]ncc2c1. The Labute approximate surface area is 62.3 Å². The molecule has 0 bridgehead atoms. The summed E-state index contributed by atoms with van der Waals surface area (Å²) >= 11 is 4.95. The number of hydrogen-bond donors (Lipinski definition) is 1. The summed E-state index contributed by atoms with van der Waals surface area (Å²) < 4.78 is 2.64. The largest absolute Gasteiger partial charge is 0.246 e. The van der Waals surface area contributed by atoms with Gasteiger partial charge in [-0.3, -0.25) is 0 Å². The normalized spacial score (nSPS) is 10.4. The molecule has 2 aromatic heterocycles. The van der Waals surface area contributed by atoms with E-state index in [4.69, 9.17) is 12.2 Å². The Hall–Kier alpha value is -1.16. The van der Waals surface area contributed by atoms with Crippen LogP contribution in [0, 0.1) is 4.51 Å². The number of nitrogens with zero attached hydrogens (tertiary/aromatic N) is 2. The molecule has 0 aromatic carbocycles. The van der Waals surface area contributed by atoms with E-state index in [0.717, 1.165) is 10.0 Å². The van der Waals surface area contributed by atoms with E-state index in [1.54, 1.807) is 10.7 Å². The second-order valence-electron chi connectivity index (χ2n) is 2.02. The summed E-state index contributed by atoms with van der Waals surface area (Å²) in [5.74, 6) is 0. The fourth-order valence-electron chi connectivity index (χ4n) is 0.845. The van der Waals surface area contributed by atoms with Crippen molar-refractivity contribution in [3.05, 3.63) is 29.0 Å². The zero-order valence-electron chi connectivity index (χ0n) is 5.11. The molecular weight excluding hydrogens is 146 g/mol. The van der Waals surface area contributed by atoms with Crippen LogP contribution < -0.4 is 0 Å². The topological polar surface area (TPSA) is 33.1 Å². The first-order valence-corrected chi connectivity index (χ1v) is 3.29. The van der Waals surface area contributed by atoms with Gasteiger partial charge in [0.15, 0.2) is 0 Å². The van der Waals surface area contributed by atoms with E-state index < -0.39 is 0 Å². The molecular formula is C6H5N3S. The van der Waals surface area contributed by atoms with Crippen LogP contribution in [0.15, 0.2) is 24.5 Å². The highest BCUT2D eigenvalue weighted by atomic mass is 32.1. The molecule has 0 aliphatic rings. The van der Waals surface area contributed by atoms with E-state index in [1.165, 1.54) is 0 Å². The molecule has 50 valence electrons. The third-order valence-electron chi connectivity index (χ3n) is 1.32. The third kappa shape index (κ3) is 0.733. The number of aromatic amines is 1. The predicted octanol–water partition coefficient (Wildman–Crippen LogP) is 1.39. The third-order valence-corrected chi connectivity index (χ3v) is 1.57. The first-order valence-electron chi connectivity index (χ1n) is 2.88. The Kier molecular flexibility index (Phi) is 1.07. The Morgan fingerprint density at radius 1 is 1.60 bits per heavy atom. The number of hydrogen-bond acceptors (Lipinski definition) is 2. The standard InChI is InChI=1S/C6H5N3S/c10-6-1-2-9-5(3-6)4-7-8-9/h1-4,8H. The molecule has 0 amide bonds. The van der Waals surface area contributed by atoms with E-state index in [0.29, 0.717) is 0 Å². The molecule has 0 radical (unpaired) electrons. The predicted molar refractivity (Wildman–Crippen MR) is 40.4 cm³/mol. The van der Waals surface area contributed by atoms with Crippen molar-refractivity contribution in [2.75, 3.05) is 0 Å². The smallest absolute Gasteiger partial charge is 0.0854 e. The molecule has 2 aromatic rings. The lowest BCUT2D eigenvalue weighted by molar-refractivity contribution is 0.855. The lowest BCUT2D eigenvalue weighted by Gasteiger charge is -1.87. The van der Waals surface area contributed by atoms with Crippen molar-refractivity contribution in [3.8, 4) is 0 Å². The van der Waals surface area contributed by atoms with E-state index in [1.807, 2.05) is 18.3 Å². The Balaban J connectivity index is 2.99. The van der Waals surface area contributed by atoms with Crippen LogP contribution in [0.5, 0.6) is 0 Å². The average molecular weight is 151 g/mol. The molecule has 2 heterocycles. The fraction of sp³-hybridized carbons (Fsp3) is 0. The Morgan fingerprint density at radius 3 is 3.40 bits per heavy atom. The van der Waals surface area contributed by atoms with E-state index in [-0.39, 0.29) is 0 Å². The molecule has 0 unspecified atom stereocenters. The van der Waals surface area contributed by atoms with Crippen molar-refractivity contribution >= 4 is 17.7 Å². The lowest BCUT2D eigenvalue weighted by atomic mass is 10.4. The number of nitrogens with one attached hydrogen (secondary N) is 1. The number of pyridine rings is 1. The maximum Gasteiger partial charge on any atom is 0.0854 e. The first kappa shape index (κ1) is 5.61. The molecule has 0 spiro atoms. The van der Waals surface area contributed by atoms with Crippen LogP contribution in [0.4, 0.5) is 0 Å². The summed E-state index contributed by atoms with van der Waals surface area (Å²) in [6, 6.07) is 3.74. The minimum atomic E-state index is 0.835. The summed E-state index contributed by atoms with van der Waals surface area (Å²) in [7, 11) is 0. The van der Waals surface area contributed by atoms with Crippen LogP contribution in [0.2, 0.25) is 0 Å². The molecule has 2 rings (SSSR count). The van der Waals surface area contributed by atoms with Crippen LogP contribution in [0.1, 0.15) is 0 Å². The summed E-state index contributed by atoms with van der Waals surface area (Å²) in [5.41, 5.74) is 0.993. The highest BCUT2D eigenvalue weighted by molar-refractivity contribution is 7.71. The van der Waals surface area contributed by atoms with Crippen molar-refractivity contribution in [2.45, 2.75) is 0 Å². The second kappa shape index (κ2) is 1.91. The molecule has 10 heavy (non-hydrogen) atoms. The van der Waals surface area contributed by atoms with Crippen LogP contribution in [-0.2, 0) is 0 Å². The Bertz CT molecular complexity index is 400. The molecule has 0 saturated carbocycles. The molecule has 3 nitrogen and oxygen atoms in total. The van der Waals surface area contributed by atoms with Crippen molar-refractivity contribution in [3.63, 3.8) is 0 Å². The summed E-state index contributed by atoms with van der Waals surface area (Å²) in [5, 5.41) is 6.60. The summed E-state index contributed by atoms with van der Waals surface area (Å²) in [6.07, 6.45) is 3.58. The van der Waals surface area contributed by atoms with Gasteiger partial charge in [-0.15, -0.1) is 0 Å². The zero-order valence-corrected chi connectivity index (χ0v) is 5.93. The van der Waals surface area contributed by atoms with Gasteiger partial charge in [0.2, 0.25) is 0 Å². The number of H-pyrrole nitrogens is 1. The van der Waals surface area contributed by atoms with Crippen LogP contribution in [-0.4, -0.2) is 14.8 Å². The van der Waals surface area contributed by atoms with Gasteiger partial charge in [0.1, 0.15) is 0 Å². The second-order valence-corrected chi connectivity index (χ2v) is 2.49. The molecule has 1 N–H and O–H groups in total. The zero-order chi connectivity index (χ0) is 6.97. The fourth-order valence-corrected chi connectivity index (χ4v) is 1.03. The van der Waals surface area contributed by atoms with Crippen LogP contribution >= 0.6 is 12.2 Å². The molecule has 0 atom stereocenters. The van der Waals surface area contributed by atoms with E-state index in [9.17, 15) is 0 Å². The minimum Gasteiger partial charge on any atom is -0.246 e. The molecule has 0 fully saturated rings. The van der Waals surface area contributed by atoms with Gasteiger partial charge < -0.3 is 0 Å². The van der Waals surface area contributed by atoms with Crippen molar-refractivity contribution in [2.24, 2.45) is 0 Å². The maximum absolute atomic E-state index is 4.95. The molecule has 0 aliphatic heterocycles. The monoisotopic (exact) mass is 151 g/mol. The summed E-state index contributed by atoms with van der Waals surface area (Å²) in [4.78, 5) is 0. The van der Waals surface area contributed by atoms with Gasteiger partial charge in [-0.2, -0.15) is 5.10 Å². The Morgan fingerprint density at radius 2 is 2.50 bits per heavy atom. The quantitative estimate of drug-likeness (QED) is 0.577. The van der Waals surface area contributed by atoms with Gasteiger partial charge in [-0.1, -0.05) is 12.2 Å². The van der Waals surface area contributed by atoms with E-state index in [2.05, 4.69) is 10.3 Å². The molecule has 0 saturated heterocycles. The first-order chi connectivity index (χ1) is 4.86. The van der Waals surface area contributed by atoms with Crippen molar-refractivity contribution in [1.29, 1.82) is 0 Å². The van der Waals surface area contributed by atoms with Gasteiger partial charge in [-0.25, -0.2) is 9.73 Å². The molecule has 0 aliphatic carbocycles. The average Bonchev–Trinajstić information content (AvgIpc) is 2.33. The maximum atomic E-state index is 4.95. The van der Waals surface area contributed by atoms with Gasteiger partial charge in [0.25, 0.3) is 0 Å². The van der Waals surface area contributed by atoms with E-state index >= 15 is 0 Å². The van der Waals surface area contributed by atoms with Gasteiger partial charge in [0.05, 0.1) is 11.7 Å². The lowest BCUT2D eigenvalue weighted by Crippen LogP contribution is -1.83. The number of rotatable bonds is 0. The molecule has 4 heteroatoms. The highest BCUT2D eigenvalue weighted by Crippen LogP contribution is 1.98. The van der Waals surface area contributed by atoms with Crippen molar-refractivity contribution in [1.82, 2.24) is 14.8 Å². The number of fused-ring (bicyclic) bond motifs is 1. The van der Waals surface area contributed by atoms with Gasteiger partial charge in [0, 0.05) is 10.7 Å². The highest BCUT2D eigenvalue weighted by Gasteiger charge is 1.88.